The summed E-state index contributed by atoms with van der Waals surface area (Å²) in [7, 11) is 0. The van der Waals surface area contributed by atoms with Gasteiger partial charge in [0.2, 0.25) is 11.7 Å². The van der Waals surface area contributed by atoms with Crippen LogP contribution >= 0.6 is 0 Å². The van der Waals surface area contributed by atoms with E-state index in [1.807, 2.05) is 0 Å². The number of nitrogens with one attached hydrogen (secondary N) is 1. The Balaban J connectivity index is 2.35. The average Bonchev–Trinajstić information content (AvgIpc) is 2.46. The van der Waals surface area contributed by atoms with Gasteiger partial charge in [-0.3, -0.25) is 9.59 Å². The number of ketones is 1. The fourth-order valence-corrected chi connectivity index (χ4v) is 1.74. The number of hydrogen-bond donors (Lipinski definition) is 1. The molecule has 5 nitrogen and oxygen atoms in total. The van der Waals surface area contributed by atoms with Crippen LogP contribution in [0.5, 0.6) is 0 Å². The highest BCUT2D eigenvalue weighted by Crippen LogP contribution is 2.18. The second-order valence-corrected chi connectivity index (χ2v) is 4.14. The first-order chi connectivity index (χ1) is 9.58. The van der Waals surface area contributed by atoms with E-state index in [1.165, 1.54) is 49.8 Å². The van der Waals surface area contributed by atoms with Crippen molar-refractivity contribution in [1.82, 2.24) is 15.3 Å². The van der Waals surface area contributed by atoms with Crippen molar-refractivity contribution in [3.05, 3.63) is 59.9 Å². The molecule has 1 heterocycles. The molecule has 6 heteroatoms. The van der Waals surface area contributed by atoms with Gasteiger partial charge in [-0.15, -0.1) is 0 Å². The first-order valence-electron chi connectivity index (χ1n) is 5.90. The monoisotopic (exact) mass is 273 g/mol. The summed E-state index contributed by atoms with van der Waals surface area (Å²) in [4.78, 5) is 31.2. The lowest BCUT2D eigenvalue weighted by atomic mass is 10.0. The average molecular weight is 273 g/mol. The van der Waals surface area contributed by atoms with E-state index in [2.05, 4.69) is 15.3 Å². The minimum atomic E-state index is -0.900. The number of rotatable bonds is 4. The van der Waals surface area contributed by atoms with Gasteiger partial charge in [-0.2, -0.15) is 0 Å². The first kappa shape index (κ1) is 13.8. The summed E-state index contributed by atoms with van der Waals surface area (Å²) in [5.41, 5.74) is 0.674. The standard InChI is InChI=1S/C14H12FN3O2/c1-9(19)18-13(10-2-4-11(15)5-3-10)14(20)12-6-7-16-8-17-12/h2-8,13H,1H3,(H,18,19). The van der Waals surface area contributed by atoms with Crippen LogP contribution in [-0.4, -0.2) is 21.7 Å². The molecule has 0 aliphatic carbocycles. The molecule has 1 aromatic carbocycles. The van der Waals surface area contributed by atoms with Gasteiger partial charge in [-0.05, 0) is 23.8 Å². The highest BCUT2D eigenvalue weighted by Gasteiger charge is 2.23. The third-order valence-corrected chi connectivity index (χ3v) is 2.65. The number of carbonyl (C=O) groups excluding carboxylic acids is 2. The lowest BCUT2D eigenvalue weighted by Gasteiger charge is -2.16. The maximum absolute atomic E-state index is 12.9. The van der Waals surface area contributed by atoms with Crippen molar-refractivity contribution >= 4 is 11.7 Å². The van der Waals surface area contributed by atoms with Crippen molar-refractivity contribution in [3.8, 4) is 0 Å². The second-order valence-electron chi connectivity index (χ2n) is 4.14. The van der Waals surface area contributed by atoms with E-state index < -0.39 is 11.9 Å². The van der Waals surface area contributed by atoms with Gasteiger partial charge in [-0.1, -0.05) is 12.1 Å². The van der Waals surface area contributed by atoms with Gasteiger partial charge in [-0.25, -0.2) is 14.4 Å². The van der Waals surface area contributed by atoms with Gasteiger partial charge in [0, 0.05) is 13.1 Å². The Bertz CT molecular complexity index is 614. The molecule has 0 saturated carbocycles. The Morgan fingerprint density at radius 1 is 1.20 bits per heavy atom. The van der Waals surface area contributed by atoms with Crippen molar-refractivity contribution < 1.29 is 14.0 Å². The molecule has 0 radical (unpaired) electrons. The summed E-state index contributed by atoms with van der Waals surface area (Å²) >= 11 is 0. The number of Topliss-reactive ketones (excluding diaryl/α,β-unsaturated/α-hetero) is 1. The van der Waals surface area contributed by atoms with Crippen LogP contribution in [0.1, 0.15) is 29.0 Å². The third kappa shape index (κ3) is 3.23. The van der Waals surface area contributed by atoms with Gasteiger partial charge < -0.3 is 5.32 Å². The molecule has 0 saturated heterocycles. The molecular weight excluding hydrogens is 261 g/mol. The molecule has 20 heavy (non-hydrogen) atoms. The molecule has 0 aliphatic heterocycles. The zero-order valence-electron chi connectivity index (χ0n) is 10.7. The van der Waals surface area contributed by atoms with Crippen LogP contribution in [0.25, 0.3) is 0 Å². The molecule has 0 spiro atoms. The maximum Gasteiger partial charge on any atom is 0.217 e. The normalized spacial score (nSPS) is 11.7. The summed E-state index contributed by atoms with van der Waals surface area (Å²) < 4.78 is 12.9. The van der Waals surface area contributed by atoms with Crippen LogP contribution in [0.15, 0.2) is 42.9 Å². The summed E-state index contributed by atoms with van der Waals surface area (Å²) in [6.07, 6.45) is 2.69. The van der Waals surface area contributed by atoms with Crippen LogP contribution in [0.4, 0.5) is 4.39 Å². The number of carbonyl (C=O) groups is 2. The Morgan fingerprint density at radius 2 is 1.90 bits per heavy atom. The van der Waals surface area contributed by atoms with Gasteiger partial charge in [0.1, 0.15) is 23.9 Å². The largest absolute Gasteiger partial charge is 0.342 e. The second kappa shape index (κ2) is 6.01. The molecule has 2 aromatic rings. The third-order valence-electron chi connectivity index (χ3n) is 2.65. The summed E-state index contributed by atoms with van der Waals surface area (Å²) in [5, 5.41) is 2.54. The molecular formula is C14H12FN3O2. The lowest BCUT2D eigenvalue weighted by molar-refractivity contribution is -0.119. The predicted octanol–water partition coefficient (Wildman–Crippen LogP) is 1.68. The summed E-state index contributed by atoms with van der Waals surface area (Å²) in [5.74, 6) is -1.15. The zero-order chi connectivity index (χ0) is 14.5. The van der Waals surface area contributed by atoms with Crippen molar-refractivity contribution in [2.45, 2.75) is 13.0 Å². The van der Waals surface area contributed by atoms with E-state index in [0.717, 1.165) is 0 Å². The molecule has 1 aromatic heterocycles. The van der Waals surface area contributed by atoms with Crippen LogP contribution < -0.4 is 5.32 Å². The molecule has 102 valence electrons. The zero-order valence-corrected chi connectivity index (χ0v) is 10.7. The van der Waals surface area contributed by atoms with Crippen LogP contribution in [0, 0.1) is 5.82 Å². The maximum atomic E-state index is 12.9. The number of nitrogens with zero attached hydrogens (tertiary/aromatic N) is 2. The van der Waals surface area contributed by atoms with E-state index in [9.17, 15) is 14.0 Å². The minimum absolute atomic E-state index is 0.183. The molecule has 1 unspecified atom stereocenters. The van der Waals surface area contributed by atoms with Crippen LogP contribution in [0.3, 0.4) is 0 Å². The number of benzene rings is 1. The number of halogens is 1. The SMILES string of the molecule is CC(=O)NC(C(=O)c1ccncn1)c1ccc(F)cc1. The van der Waals surface area contributed by atoms with Crippen molar-refractivity contribution in [3.63, 3.8) is 0 Å². The highest BCUT2D eigenvalue weighted by molar-refractivity contribution is 6.00. The molecule has 0 aliphatic rings. The van der Waals surface area contributed by atoms with Gasteiger partial charge in [0.25, 0.3) is 0 Å². The van der Waals surface area contributed by atoms with Gasteiger partial charge in [0.15, 0.2) is 0 Å². The molecule has 2 rings (SSSR count). The number of hydrogen-bond acceptors (Lipinski definition) is 4. The smallest absolute Gasteiger partial charge is 0.217 e. The molecule has 1 amide bonds. The van der Waals surface area contributed by atoms with Gasteiger partial charge in [0.05, 0.1) is 0 Å². The number of aromatic nitrogens is 2. The summed E-state index contributed by atoms with van der Waals surface area (Å²) in [6, 6.07) is 5.93. The van der Waals surface area contributed by atoms with E-state index in [-0.39, 0.29) is 17.4 Å². The molecule has 0 fully saturated rings. The van der Waals surface area contributed by atoms with Crippen molar-refractivity contribution in [2.24, 2.45) is 0 Å². The van der Waals surface area contributed by atoms with E-state index in [1.54, 1.807) is 0 Å². The van der Waals surface area contributed by atoms with Crippen molar-refractivity contribution in [2.75, 3.05) is 0 Å². The summed E-state index contributed by atoms with van der Waals surface area (Å²) in [6.45, 7) is 1.31. The molecule has 1 N–H and O–H groups in total. The molecule has 0 bridgehead atoms. The Kier molecular flexibility index (Phi) is 4.14. The first-order valence-corrected chi connectivity index (χ1v) is 5.90. The van der Waals surface area contributed by atoms with Crippen LogP contribution in [0.2, 0.25) is 0 Å². The van der Waals surface area contributed by atoms with Crippen molar-refractivity contribution in [1.29, 1.82) is 0 Å². The Labute approximate surface area is 114 Å². The quantitative estimate of drug-likeness (QED) is 0.860. The highest BCUT2D eigenvalue weighted by atomic mass is 19.1. The van der Waals surface area contributed by atoms with Crippen LogP contribution in [-0.2, 0) is 4.79 Å². The fourth-order valence-electron chi connectivity index (χ4n) is 1.74. The van der Waals surface area contributed by atoms with Gasteiger partial charge >= 0.3 is 0 Å². The van der Waals surface area contributed by atoms with E-state index in [4.69, 9.17) is 0 Å². The minimum Gasteiger partial charge on any atom is -0.342 e. The lowest BCUT2D eigenvalue weighted by Crippen LogP contribution is -2.32. The molecule has 1 atom stereocenters. The Hall–Kier alpha value is -2.63. The topological polar surface area (TPSA) is 72.0 Å². The van der Waals surface area contributed by atoms with E-state index in [0.29, 0.717) is 5.56 Å². The van der Waals surface area contributed by atoms with E-state index >= 15 is 0 Å². The Morgan fingerprint density at radius 3 is 2.45 bits per heavy atom. The predicted molar refractivity (Wildman–Crippen MR) is 69.3 cm³/mol. The fraction of sp³-hybridized carbons (Fsp3) is 0.143. The number of amides is 1.